The fourth-order valence-corrected chi connectivity index (χ4v) is 4.69. The van der Waals surface area contributed by atoms with Gasteiger partial charge in [-0.2, -0.15) is 0 Å². The molecule has 178 valence electrons. The molecular formula is C28H22N4O4. The number of fused-ring (bicyclic) bond motifs is 2. The SMILES string of the molecule is O=C(Nc1ccc2oc(-c3ccc4ccccc4c3)nc2c1)c1ccc(N2CCCC2)c([N+](=O)[O-])c1. The number of rotatable bonds is 5. The van der Waals surface area contributed by atoms with Crippen molar-refractivity contribution in [1.29, 1.82) is 0 Å². The number of carbonyl (C=O) groups excluding carboxylic acids is 1. The van der Waals surface area contributed by atoms with E-state index in [1.807, 2.05) is 41.3 Å². The Morgan fingerprint density at radius 3 is 2.56 bits per heavy atom. The van der Waals surface area contributed by atoms with Gasteiger partial charge in [0, 0.05) is 36.0 Å². The minimum atomic E-state index is -0.430. The van der Waals surface area contributed by atoms with Gasteiger partial charge in [0.1, 0.15) is 11.2 Å². The number of amides is 1. The number of nitro groups is 1. The van der Waals surface area contributed by atoms with Crippen LogP contribution >= 0.6 is 0 Å². The molecule has 5 aromatic rings. The number of aromatic nitrogens is 1. The van der Waals surface area contributed by atoms with Crippen LogP contribution in [-0.2, 0) is 0 Å². The summed E-state index contributed by atoms with van der Waals surface area (Å²) in [5.41, 5.74) is 3.31. The molecule has 1 saturated heterocycles. The second-order valence-electron chi connectivity index (χ2n) is 8.87. The van der Waals surface area contributed by atoms with Gasteiger partial charge in [-0.05, 0) is 66.1 Å². The molecule has 36 heavy (non-hydrogen) atoms. The number of anilines is 2. The molecule has 1 fully saturated rings. The molecule has 1 aromatic heterocycles. The molecule has 8 nitrogen and oxygen atoms in total. The summed E-state index contributed by atoms with van der Waals surface area (Å²) in [6.07, 6.45) is 2.01. The number of nitrogens with one attached hydrogen (secondary N) is 1. The van der Waals surface area contributed by atoms with Gasteiger partial charge in [0.2, 0.25) is 5.89 Å². The maximum atomic E-state index is 12.9. The quantitative estimate of drug-likeness (QED) is 0.231. The van der Waals surface area contributed by atoms with Gasteiger partial charge in [0.15, 0.2) is 5.58 Å². The standard InChI is InChI=1S/C28H22N4O4/c33-27(20-9-11-24(25(16-20)32(34)35)31-13-3-4-14-31)29-22-10-12-26-23(17-22)30-28(36-26)21-8-7-18-5-1-2-6-19(18)15-21/h1-2,5-12,15-17H,3-4,13-14H2,(H,29,33). The first-order chi connectivity index (χ1) is 17.5. The molecule has 0 spiro atoms. The molecule has 1 amide bonds. The summed E-state index contributed by atoms with van der Waals surface area (Å²) >= 11 is 0. The highest BCUT2D eigenvalue weighted by Gasteiger charge is 2.24. The fourth-order valence-electron chi connectivity index (χ4n) is 4.69. The Morgan fingerprint density at radius 2 is 1.75 bits per heavy atom. The van der Waals surface area contributed by atoms with Crippen LogP contribution in [0.4, 0.5) is 17.1 Å². The summed E-state index contributed by atoms with van der Waals surface area (Å²) in [5, 5.41) is 16.7. The molecule has 0 radical (unpaired) electrons. The van der Waals surface area contributed by atoms with Crippen molar-refractivity contribution in [2.24, 2.45) is 0 Å². The van der Waals surface area contributed by atoms with Crippen LogP contribution in [0.1, 0.15) is 23.2 Å². The van der Waals surface area contributed by atoms with Crippen molar-refractivity contribution in [3.8, 4) is 11.5 Å². The van der Waals surface area contributed by atoms with Crippen LogP contribution in [0.2, 0.25) is 0 Å². The molecule has 4 aromatic carbocycles. The van der Waals surface area contributed by atoms with Crippen LogP contribution in [0.15, 0.2) is 83.3 Å². The second-order valence-corrected chi connectivity index (χ2v) is 8.87. The molecule has 1 aliphatic rings. The van der Waals surface area contributed by atoms with E-state index in [1.54, 1.807) is 30.3 Å². The zero-order valence-electron chi connectivity index (χ0n) is 19.3. The van der Waals surface area contributed by atoms with Crippen LogP contribution in [0.5, 0.6) is 0 Å². The Balaban J connectivity index is 1.26. The van der Waals surface area contributed by atoms with Crippen LogP contribution in [0.3, 0.4) is 0 Å². The Labute approximate surface area is 206 Å². The monoisotopic (exact) mass is 478 g/mol. The molecule has 0 atom stereocenters. The average Bonchev–Trinajstić information content (AvgIpc) is 3.58. The van der Waals surface area contributed by atoms with E-state index in [9.17, 15) is 14.9 Å². The van der Waals surface area contributed by atoms with Gasteiger partial charge in [0.25, 0.3) is 11.6 Å². The maximum absolute atomic E-state index is 12.9. The molecule has 0 aliphatic carbocycles. The van der Waals surface area contributed by atoms with Crippen molar-refractivity contribution in [1.82, 2.24) is 4.98 Å². The first-order valence-electron chi connectivity index (χ1n) is 11.8. The van der Waals surface area contributed by atoms with Gasteiger partial charge in [-0.25, -0.2) is 4.98 Å². The lowest BCUT2D eigenvalue weighted by atomic mass is 10.1. The van der Waals surface area contributed by atoms with Crippen molar-refractivity contribution < 1.29 is 14.1 Å². The summed E-state index contributed by atoms with van der Waals surface area (Å²) in [7, 11) is 0. The van der Waals surface area contributed by atoms with E-state index in [1.165, 1.54) is 6.07 Å². The van der Waals surface area contributed by atoms with Gasteiger partial charge >= 0.3 is 0 Å². The zero-order chi connectivity index (χ0) is 24.6. The van der Waals surface area contributed by atoms with E-state index >= 15 is 0 Å². The van der Waals surface area contributed by atoms with E-state index < -0.39 is 10.8 Å². The van der Waals surface area contributed by atoms with Crippen molar-refractivity contribution >= 4 is 44.8 Å². The van der Waals surface area contributed by atoms with E-state index in [4.69, 9.17) is 4.42 Å². The summed E-state index contributed by atoms with van der Waals surface area (Å²) in [6.45, 7) is 1.57. The van der Waals surface area contributed by atoms with E-state index in [0.29, 0.717) is 28.4 Å². The zero-order valence-corrected chi connectivity index (χ0v) is 19.3. The van der Waals surface area contributed by atoms with E-state index in [-0.39, 0.29) is 11.3 Å². The largest absolute Gasteiger partial charge is 0.436 e. The van der Waals surface area contributed by atoms with Gasteiger partial charge < -0.3 is 14.6 Å². The highest BCUT2D eigenvalue weighted by atomic mass is 16.6. The Bertz CT molecular complexity index is 1640. The molecule has 2 heterocycles. The minimum Gasteiger partial charge on any atom is -0.436 e. The number of hydrogen-bond acceptors (Lipinski definition) is 6. The average molecular weight is 479 g/mol. The lowest BCUT2D eigenvalue weighted by molar-refractivity contribution is -0.384. The minimum absolute atomic E-state index is 0.0588. The molecule has 0 unspecified atom stereocenters. The van der Waals surface area contributed by atoms with Crippen molar-refractivity contribution in [2.75, 3.05) is 23.3 Å². The third-order valence-corrected chi connectivity index (χ3v) is 6.52. The highest BCUT2D eigenvalue weighted by molar-refractivity contribution is 6.05. The predicted molar refractivity (Wildman–Crippen MR) is 139 cm³/mol. The topological polar surface area (TPSA) is 102 Å². The number of hydrogen-bond donors (Lipinski definition) is 1. The molecule has 6 rings (SSSR count). The normalized spacial score (nSPS) is 13.4. The van der Waals surface area contributed by atoms with Gasteiger partial charge in [-0.15, -0.1) is 0 Å². The van der Waals surface area contributed by atoms with Crippen LogP contribution < -0.4 is 10.2 Å². The van der Waals surface area contributed by atoms with Crippen LogP contribution in [-0.4, -0.2) is 28.9 Å². The maximum Gasteiger partial charge on any atom is 0.293 e. The number of carbonyl (C=O) groups is 1. The smallest absolute Gasteiger partial charge is 0.293 e. The predicted octanol–water partition coefficient (Wildman–Crippen LogP) is 6.41. The molecule has 8 heteroatoms. The lowest BCUT2D eigenvalue weighted by Crippen LogP contribution is -2.19. The molecule has 0 bridgehead atoms. The lowest BCUT2D eigenvalue weighted by Gasteiger charge is -2.17. The van der Waals surface area contributed by atoms with Crippen LogP contribution in [0.25, 0.3) is 33.3 Å². The van der Waals surface area contributed by atoms with Crippen molar-refractivity contribution in [2.45, 2.75) is 12.8 Å². The van der Waals surface area contributed by atoms with Gasteiger partial charge in [0.05, 0.1) is 4.92 Å². The first kappa shape index (κ1) is 21.8. The number of oxazole rings is 1. The van der Waals surface area contributed by atoms with Gasteiger partial charge in [-0.1, -0.05) is 30.3 Å². The number of benzene rings is 4. The summed E-state index contributed by atoms with van der Waals surface area (Å²) in [4.78, 5) is 30.8. The molecule has 0 saturated carbocycles. The number of nitro benzene ring substituents is 1. The van der Waals surface area contributed by atoms with E-state index in [0.717, 1.165) is 42.3 Å². The Kier molecular flexibility index (Phi) is 5.33. The molecular weight excluding hydrogens is 456 g/mol. The van der Waals surface area contributed by atoms with Crippen molar-refractivity contribution in [3.05, 3.63) is 94.5 Å². The van der Waals surface area contributed by atoms with E-state index in [2.05, 4.69) is 16.4 Å². The number of nitrogens with zero attached hydrogens (tertiary/aromatic N) is 3. The van der Waals surface area contributed by atoms with Crippen LogP contribution in [0, 0.1) is 10.1 Å². The molecule has 1 N–H and O–H groups in total. The second kappa shape index (κ2) is 8.81. The Morgan fingerprint density at radius 1 is 0.944 bits per heavy atom. The van der Waals surface area contributed by atoms with Gasteiger partial charge in [-0.3, -0.25) is 14.9 Å². The Hall–Kier alpha value is -4.72. The summed E-state index contributed by atoms with van der Waals surface area (Å²) in [6, 6.07) is 23.9. The fraction of sp³-hybridized carbons (Fsp3) is 0.143. The van der Waals surface area contributed by atoms with Crippen molar-refractivity contribution in [3.63, 3.8) is 0 Å². The summed E-state index contributed by atoms with van der Waals surface area (Å²) in [5.74, 6) is 0.0658. The molecule has 1 aliphatic heterocycles. The third-order valence-electron chi connectivity index (χ3n) is 6.52. The first-order valence-corrected chi connectivity index (χ1v) is 11.8. The third kappa shape index (κ3) is 4.02. The summed E-state index contributed by atoms with van der Waals surface area (Å²) < 4.78 is 5.95. The highest BCUT2D eigenvalue weighted by Crippen LogP contribution is 2.32.